The number of ether oxygens (including phenoxy) is 1. The molecule has 4 nitrogen and oxygen atoms in total. The maximum absolute atomic E-state index is 12.1. The first-order valence-corrected chi connectivity index (χ1v) is 7.49. The van der Waals surface area contributed by atoms with Crippen molar-refractivity contribution in [3.05, 3.63) is 54.6 Å². The van der Waals surface area contributed by atoms with E-state index in [2.05, 4.69) is 5.32 Å². The second-order valence-electron chi connectivity index (χ2n) is 4.92. The van der Waals surface area contributed by atoms with Gasteiger partial charge >= 0.3 is 0 Å². The maximum atomic E-state index is 12.1. The zero-order valence-corrected chi connectivity index (χ0v) is 13.1. The Balaban J connectivity index is 1.79. The Morgan fingerprint density at radius 2 is 1.77 bits per heavy atom. The molecule has 0 aromatic heterocycles. The van der Waals surface area contributed by atoms with E-state index in [-0.39, 0.29) is 5.91 Å². The SMILES string of the molecule is CCOc1ccc(NCCC(=O)N(C)c2ccccc2)cc1. The summed E-state index contributed by atoms with van der Waals surface area (Å²) in [5, 5.41) is 3.25. The summed E-state index contributed by atoms with van der Waals surface area (Å²) < 4.78 is 5.40. The van der Waals surface area contributed by atoms with Gasteiger partial charge in [-0.15, -0.1) is 0 Å². The molecule has 1 amide bonds. The van der Waals surface area contributed by atoms with Crippen LogP contribution in [0.2, 0.25) is 0 Å². The molecule has 0 heterocycles. The van der Waals surface area contributed by atoms with Gasteiger partial charge in [0.15, 0.2) is 0 Å². The first kappa shape index (κ1) is 15.9. The number of hydrogen-bond donors (Lipinski definition) is 1. The van der Waals surface area contributed by atoms with E-state index in [1.54, 1.807) is 11.9 Å². The topological polar surface area (TPSA) is 41.6 Å². The standard InChI is InChI=1S/C18H22N2O2/c1-3-22-17-11-9-15(10-12-17)19-14-13-18(21)20(2)16-7-5-4-6-8-16/h4-12,19H,3,13-14H2,1-2H3. The summed E-state index contributed by atoms with van der Waals surface area (Å²) in [6.45, 7) is 3.22. The van der Waals surface area contributed by atoms with E-state index in [1.165, 1.54) is 0 Å². The van der Waals surface area contributed by atoms with E-state index in [9.17, 15) is 4.79 Å². The summed E-state index contributed by atoms with van der Waals surface area (Å²) >= 11 is 0. The van der Waals surface area contributed by atoms with E-state index in [4.69, 9.17) is 4.74 Å². The van der Waals surface area contributed by atoms with Crippen LogP contribution in [0, 0.1) is 0 Å². The Hall–Kier alpha value is -2.49. The number of anilines is 2. The fourth-order valence-electron chi connectivity index (χ4n) is 2.11. The molecule has 4 heteroatoms. The second-order valence-corrected chi connectivity index (χ2v) is 4.92. The Kier molecular flexibility index (Phi) is 5.83. The Morgan fingerprint density at radius 3 is 2.41 bits per heavy atom. The third kappa shape index (κ3) is 4.52. The first-order valence-electron chi connectivity index (χ1n) is 7.49. The number of carbonyl (C=O) groups is 1. The summed E-state index contributed by atoms with van der Waals surface area (Å²) in [6, 6.07) is 17.4. The minimum atomic E-state index is 0.0876. The molecule has 0 spiro atoms. The molecule has 2 rings (SSSR count). The number of amides is 1. The molecule has 0 bridgehead atoms. The van der Waals surface area contributed by atoms with Gasteiger partial charge in [0.25, 0.3) is 0 Å². The van der Waals surface area contributed by atoms with Crippen molar-refractivity contribution in [2.45, 2.75) is 13.3 Å². The molecule has 0 atom stereocenters. The summed E-state index contributed by atoms with van der Waals surface area (Å²) in [5.41, 5.74) is 1.90. The van der Waals surface area contributed by atoms with Crippen molar-refractivity contribution in [3.63, 3.8) is 0 Å². The highest BCUT2D eigenvalue weighted by Gasteiger charge is 2.09. The van der Waals surface area contributed by atoms with Crippen molar-refractivity contribution in [2.24, 2.45) is 0 Å². The van der Waals surface area contributed by atoms with E-state index in [1.807, 2.05) is 61.5 Å². The molecule has 2 aromatic rings. The Morgan fingerprint density at radius 1 is 1.09 bits per heavy atom. The Bertz CT molecular complexity index is 582. The van der Waals surface area contributed by atoms with Gasteiger partial charge in [0.2, 0.25) is 5.91 Å². The molecule has 1 N–H and O–H groups in total. The van der Waals surface area contributed by atoms with Crippen molar-refractivity contribution < 1.29 is 9.53 Å². The van der Waals surface area contributed by atoms with Gasteiger partial charge in [-0.05, 0) is 43.3 Å². The smallest absolute Gasteiger partial charge is 0.228 e. The van der Waals surface area contributed by atoms with Gasteiger partial charge in [0, 0.05) is 31.4 Å². The van der Waals surface area contributed by atoms with E-state index >= 15 is 0 Å². The fraction of sp³-hybridized carbons (Fsp3) is 0.278. The number of benzene rings is 2. The van der Waals surface area contributed by atoms with Gasteiger partial charge in [-0.25, -0.2) is 0 Å². The molecule has 0 saturated carbocycles. The molecule has 0 aliphatic carbocycles. The average Bonchev–Trinajstić information content (AvgIpc) is 2.56. The predicted octanol–water partition coefficient (Wildman–Crippen LogP) is 3.55. The summed E-state index contributed by atoms with van der Waals surface area (Å²) in [7, 11) is 1.80. The quantitative estimate of drug-likeness (QED) is 0.850. The fourth-order valence-corrected chi connectivity index (χ4v) is 2.11. The maximum Gasteiger partial charge on any atom is 0.228 e. The number of nitrogens with one attached hydrogen (secondary N) is 1. The highest BCUT2D eigenvalue weighted by Crippen LogP contribution is 2.16. The molecule has 0 radical (unpaired) electrons. The van der Waals surface area contributed by atoms with E-state index in [0.717, 1.165) is 17.1 Å². The summed E-state index contributed by atoms with van der Waals surface area (Å²) in [6.07, 6.45) is 0.443. The van der Waals surface area contributed by atoms with Crippen LogP contribution in [0.1, 0.15) is 13.3 Å². The van der Waals surface area contributed by atoms with Crippen LogP contribution in [-0.4, -0.2) is 26.1 Å². The van der Waals surface area contributed by atoms with Gasteiger partial charge in [0.05, 0.1) is 6.61 Å². The lowest BCUT2D eigenvalue weighted by Gasteiger charge is -2.17. The number of rotatable bonds is 7. The van der Waals surface area contributed by atoms with Gasteiger partial charge in [-0.3, -0.25) is 4.79 Å². The third-order valence-corrected chi connectivity index (χ3v) is 3.35. The average molecular weight is 298 g/mol. The largest absolute Gasteiger partial charge is 0.494 e. The van der Waals surface area contributed by atoms with Gasteiger partial charge in [0.1, 0.15) is 5.75 Å². The van der Waals surface area contributed by atoms with Crippen LogP contribution in [0.25, 0.3) is 0 Å². The number of para-hydroxylation sites is 1. The van der Waals surface area contributed by atoms with Gasteiger partial charge < -0.3 is 15.0 Å². The van der Waals surface area contributed by atoms with Crippen molar-refractivity contribution in [2.75, 3.05) is 30.4 Å². The van der Waals surface area contributed by atoms with Crippen LogP contribution in [-0.2, 0) is 4.79 Å². The molecular weight excluding hydrogens is 276 g/mol. The van der Waals surface area contributed by atoms with Crippen molar-refractivity contribution in [3.8, 4) is 5.75 Å². The third-order valence-electron chi connectivity index (χ3n) is 3.35. The molecular formula is C18H22N2O2. The summed E-state index contributed by atoms with van der Waals surface area (Å²) in [4.78, 5) is 13.8. The molecule has 22 heavy (non-hydrogen) atoms. The van der Waals surface area contributed by atoms with Crippen molar-refractivity contribution in [1.29, 1.82) is 0 Å². The summed E-state index contributed by atoms with van der Waals surface area (Å²) in [5.74, 6) is 0.942. The van der Waals surface area contributed by atoms with Crippen LogP contribution in [0.15, 0.2) is 54.6 Å². The van der Waals surface area contributed by atoms with Gasteiger partial charge in [-0.1, -0.05) is 18.2 Å². The number of carbonyl (C=O) groups excluding carboxylic acids is 1. The van der Waals surface area contributed by atoms with Crippen molar-refractivity contribution in [1.82, 2.24) is 0 Å². The zero-order valence-electron chi connectivity index (χ0n) is 13.1. The minimum absolute atomic E-state index is 0.0876. The van der Waals surface area contributed by atoms with Crippen LogP contribution in [0.3, 0.4) is 0 Å². The van der Waals surface area contributed by atoms with Crippen LogP contribution in [0.5, 0.6) is 5.75 Å². The number of hydrogen-bond acceptors (Lipinski definition) is 3. The molecule has 2 aromatic carbocycles. The van der Waals surface area contributed by atoms with E-state index < -0.39 is 0 Å². The van der Waals surface area contributed by atoms with Gasteiger partial charge in [-0.2, -0.15) is 0 Å². The normalized spacial score (nSPS) is 10.1. The van der Waals surface area contributed by atoms with Crippen LogP contribution < -0.4 is 15.0 Å². The zero-order chi connectivity index (χ0) is 15.8. The molecule has 0 saturated heterocycles. The highest BCUT2D eigenvalue weighted by atomic mass is 16.5. The number of nitrogens with zero attached hydrogens (tertiary/aromatic N) is 1. The minimum Gasteiger partial charge on any atom is -0.494 e. The molecule has 0 fully saturated rings. The van der Waals surface area contributed by atoms with Crippen molar-refractivity contribution >= 4 is 17.3 Å². The predicted molar refractivity (Wildman–Crippen MR) is 90.6 cm³/mol. The Labute approximate surface area is 131 Å². The first-order chi connectivity index (χ1) is 10.7. The molecule has 116 valence electrons. The molecule has 0 aliphatic rings. The lowest BCUT2D eigenvalue weighted by atomic mass is 10.2. The highest BCUT2D eigenvalue weighted by molar-refractivity contribution is 5.93. The lowest BCUT2D eigenvalue weighted by molar-refractivity contribution is -0.118. The lowest BCUT2D eigenvalue weighted by Crippen LogP contribution is -2.27. The molecule has 0 aliphatic heterocycles. The molecule has 0 unspecified atom stereocenters. The second kappa shape index (κ2) is 8.08. The van der Waals surface area contributed by atoms with Crippen LogP contribution in [0.4, 0.5) is 11.4 Å². The van der Waals surface area contributed by atoms with E-state index in [0.29, 0.717) is 19.6 Å². The van der Waals surface area contributed by atoms with Crippen LogP contribution >= 0.6 is 0 Å². The monoisotopic (exact) mass is 298 g/mol.